The number of hydrogen-bond donors (Lipinski definition) is 2. The van der Waals surface area contributed by atoms with E-state index in [0.29, 0.717) is 11.3 Å². The van der Waals surface area contributed by atoms with Crippen LogP contribution < -0.4 is 10.0 Å². The minimum atomic E-state index is -3.67. The first-order valence-electron chi connectivity index (χ1n) is 8.95. The zero-order chi connectivity index (χ0) is 20.6. The first-order chi connectivity index (χ1) is 12.3. The maximum absolute atomic E-state index is 12.7. The van der Waals surface area contributed by atoms with Crippen LogP contribution in [0.2, 0.25) is 0 Å². The lowest BCUT2D eigenvalue weighted by Gasteiger charge is -2.20. The number of carbonyl (C=O) groups is 1. The predicted molar refractivity (Wildman–Crippen MR) is 109 cm³/mol. The van der Waals surface area contributed by atoms with Gasteiger partial charge >= 0.3 is 0 Å². The number of sulfonamides is 1. The van der Waals surface area contributed by atoms with Crippen molar-refractivity contribution in [1.29, 1.82) is 0 Å². The molecule has 0 aliphatic carbocycles. The van der Waals surface area contributed by atoms with Gasteiger partial charge in [0.2, 0.25) is 10.0 Å². The maximum atomic E-state index is 12.7. The molecule has 0 fully saturated rings. The first-order valence-corrected chi connectivity index (χ1v) is 10.4. The van der Waals surface area contributed by atoms with Gasteiger partial charge in [0.05, 0.1) is 10.5 Å². The third kappa shape index (κ3) is 4.99. The lowest BCUT2D eigenvalue weighted by atomic mass is 10.1. The van der Waals surface area contributed by atoms with Crippen LogP contribution in [-0.4, -0.2) is 24.4 Å². The highest BCUT2D eigenvalue weighted by atomic mass is 32.2. The number of amides is 1. The molecule has 0 aliphatic rings. The average Bonchev–Trinajstić information content (AvgIpc) is 2.80. The van der Waals surface area contributed by atoms with E-state index in [2.05, 4.69) is 28.5 Å². The molecule has 1 heterocycles. The van der Waals surface area contributed by atoms with E-state index in [1.807, 2.05) is 19.9 Å². The van der Waals surface area contributed by atoms with E-state index in [-0.39, 0.29) is 16.8 Å². The van der Waals surface area contributed by atoms with Gasteiger partial charge < -0.3 is 9.88 Å². The van der Waals surface area contributed by atoms with Gasteiger partial charge in [0.15, 0.2) is 0 Å². The van der Waals surface area contributed by atoms with Crippen molar-refractivity contribution < 1.29 is 13.2 Å². The Morgan fingerprint density at radius 3 is 2.26 bits per heavy atom. The summed E-state index contributed by atoms with van der Waals surface area (Å²) in [4.78, 5) is 12.8. The number of aryl methyl sites for hydroxylation is 1. The number of rotatable bonds is 5. The molecule has 6 nitrogen and oxygen atoms in total. The topological polar surface area (TPSA) is 80.2 Å². The summed E-state index contributed by atoms with van der Waals surface area (Å²) < 4.78 is 29.7. The smallest absolute Gasteiger partial charge is 0.257 e. The molecule has 2 rings (SSSR count). The van der Waals surface area contributed by atoms with Gasteiger partial charge in [0.1, 0.15) is 0 Å². The van der Waals surface area contributed by atoms with E-state index >= 15 is 0 Å². The van der Waals surface area contributed by atoms with Crippen molar-refractivity contribution in [3.63, 3.8) is 0 Å². The van der Waals surface area contributed by atoms with Crippen LogP contribution in [-0.2, 0) is 10.0 Å². The Labute approximate surface area is 162 Å². The summed E-state index contributed by atoms with van der Waals surface area (Å²) >= 11 is 0. The summed E-state index contributed by atoms with van der Waals surface area (Å²) in [7, 11) is -3.67. The molecule has 7 heteroatoms. The molecule has 0 aliphatic heterocycles. The number of hydrogen-bond acceptors (Lipinski definition) is 3. The lowest BCUT2D eigenvalue weighted by Crippen LogP contribution is -2.40. The molecule has 2 aromatic rings. The van der Waals surface area contributed by atoms with Crippen molar-refractivity contribution in [1.82, 2.24) is 9.29 Å². The van der Waals surface area contributed by atoms with Crippen LogP contribution in [0.25, 0.3) is 0 Å². The Morgan fingerprint density at radius 2 is 1.74 bits per heavy atom. The van der Waals surface area contributed by atoms with Crippen molar-refractivity contribution in [2.75, 3.05) is 5.32 Å². The van der Waals surface area contributed by atoms with Crippen molar-refractivity contribution in [3.8, 4) is 0 Å². The van der Waals surface area contributed by atoms with Gasteiger partial charge in [-0.25, -0.2) is 13.1 Å². The molecule has 1 amide bonds. The number of carbonyl (C=O) groups excluding carboxylic acids is 1. The van der Waals surface area contributed by atoms with Crippen LogP contribution in [0.5, 0.6) is 0 Å². The Kier molecular flexibility index (Phi) is 5.87. The normalized spacial score (nSPS) is 12.4. The SMILES string of the molecule is Cc1cc(C(=O)Nc2cccc(S(=O)(=O)NC(C)(C)C)c2)c(C)n1C(C)C. The largest absolute Gasteiger partial charge is 0.346 e. The molecule has 27 heavy (non-hydrogen) atoms. The Balaban J connectivity index is 2.29. The van der Waals surface area contributed by atoms with Gasteiger partial charge in [-0.05, 0) is 72.7 Å². The fourth-order valence-corrected chi connectivity index (χ4v) is 4.67. The summed E-state index contributed by atoms with van der Waals surface area (Å²) in [5, 5.41) is 2.81. The summed E-state index contributed by atoms with van der Waals surface area (Å²) in [6, 6.07) is 8.37. The minimum absolute atomic E-state index is 0.114. The van der Waals surface area contributed by atoms with Crippen LogP contribution in [0.4, 0.5) is 5.69 Å². The Bertz CT molecular complexity index is 951. The van der Waals surface area contributed by atoms with E-state index in [1.54, 1.807) is 32.9 Å². The molecule has 1 aromatic carbocycles. The number of anilines is 1. The number of nitrogens with one attached hydrogen (secondary N) is 2. The van der Waals surface area contributed by atoms with Crippen LogP contribution in [0.1, 0.15) is 62.4 Å². The molecule has 0 atom stereocenters. The molecular weight excluding hydrogens is 362 g/mol. The maximum Gasteiger partial charge on any atom is 0.257 e. The van der Waals surface area contributed by atoms with E-state index in [0.717, 1.165) is 11.4 Å². The Morgan fingerprint density at radius 1 is 1.11 bits per heavy atom. The monoisotopic (exact) mass is 391 g/mol. The summed E-state index contributed by atoms with van der Waals surface area (Å²) in [5.74, 6) is -0.256. The van der Waals surface area contributed by atoms with Crippen LogP contribution >= 0.6 is 0 Å². The molecule has 0 bridgehead atoms. The molecule has 2 N–H and O–H groups in total. The number of benzene rings is 1. The fraction of sp³-hybridized carbons (Fsp3) is 0.450. The fourth-order valence-electron chi connectivity index (χ4n) is 3.20. The first kappa shape index (κ1) is 21.2. The van der Waals surface area contributed by atoms with Crippen LogP contribution in [0.3, 0.4) is 0 Å². The van der Waals surface area contributed by atoms with Gasteiger partial charge in [-0.2, -0.15) is 0 Å². The lowest BCUT2D eigenvalue weighted by molar-refractivity contribution is 0.102. The van der Waals surface area contributed by atoms with Gasteiger partial charge in [-0.3, -0.25) is 4.79 Å². The Hall–Kier alpha value is -2.12. The van der Waals surface area contributed by atoms with E-state index in [1.165, 1.54) is 12.1 Å². The van der Waals surface area contributed by atoms with Gasteiger partial charge in [0, 0.05) is 28.7 Å². The molecule has 0 radical (unpaired) electrons. The van der Waals surface area contributed by atoms with Gasteiger partial charge in [-0.15, -0.1) is 0 Å². The summed E-state index contributed by atoms with van der Waals surface area (Å²) in [5.41, 5.74) is 2.33. The summed E-state index contributed by atoms with van der Waals surface area (Å²) in [6.45, 7) is 13.4. The van der Waals surface area contributed by atoms with E-state index < -0.39 is 15.6 Å². The van der Waals surface area contributed by atoms with Crippen molar-refractivity contribution in [2.45, 2.75) is 64.9 Å². The highest BCUT2D eigenvalue weighted by Gasteiger charge is 2.23. The predicted octanol–water partition coefficient (Wildman–Crippen LogP) is 4.01. The van der Waals surface area contributed by atoms with Crippen LogP contribution in [0, 0.1) is 13.8 Å². The van der Waals surface area contributed by atoms with Crippen molar-refractivity contribution in [2.24, 2.45) is 0 Å². The number of aromatic nitrogens is 1. The zero-order valence-corrected chi connectivity index (χ0v) is 17.9. The standard InChI is InChI=1S/C20H29N3O3S/c1-13(2)23-14(3)11-18(15(23)4)19(24)21-16-9-8-10-17(12-16)27(25,26)22-20(5,6)7/h8-13,22H,1-7H3,(H,21,24). The molecular formula is C20H29N3O3S. The summed E-state index contributed by atoms with van der Waals surface area (Å²) in [6.07, 6.45) is 0. The minimum Gasteiger partial charge on any atom is -0.346 e. The second-order valence-corrected chi connectivity index (χ2v) is 9.77. The van der Waals surface area contributed by atoms with Gasteiger partial charge in [0.25, 0.3) is 5.91 Å². The third-order valence-corrected chi connectivity index (χ3v) is 5.84. The van der Waals surface area contributed by atoms with Crippen LogP contribution in [0.15, 0.2) is 35.2 Å². The van der Waals surface area contributed by atoms with Crippen molar-refractivity contribution >= 4 is 21.6 Å². The number of nitrogens with zero attached hydrogens (tertiary/aromatic N) is 1. The average molecular weight is 392 g/mol. The molecule has 0 saturated heterocycles. The van der Waals surface area contributed by atoms with E-state index in [4.69, 9.17) is 0 Å². The highest BCUT2D eigenvalue weighted by molar-refractivity contribution is 7.89. The quantitative estimate of drug-likeness (QED) is 0.808. The van der Waals surface area contributed by atoms with Crippen molar-refractivity contribution in [3.05, 3.63) is 47.3 Å². The van der Waals surface area contributed by atoms with Gasteiger partial charge in [-0.1, -0.05) is 6.07 Å². The molecule has 148 valence electrons. The second-order valence-electron chi connectivity index (χ2n) is 8.09. The van der Waals surface area contributed by atoms with E-state index in [9.17, 15) is 13.2 Å². The molecule has 0 spiro atoms. The molecule has 0 unspecified atom stereocenters. The third-order valence-electron chi connectivity index (χ3n) is 4.09. The second kappa shape index (κ2) is 7.48. The highest BCUT2D eigenvalue weighted by Crippen LogP contribution is 2.22. The molecule has 0 saturated carbocycles. The molecule has 1 aromatic heterocycles. The zero-order valence-electron chi connectivity index (χ0n) is 17.0.